The molecule has 0 saturated carbocycles. The Morgan fingerprint density at radius 3 is 2.55 bits per heavy atom. The number of sulfonamides is 1. The summed E-state index contributed by atoms with van der Waals surface area (Å²) >= 11 is 0. The van der Waals surface area contributed by atoms with E-state index < -0.39 is 10.0 Å². The lowest BCUT2D eigenvalue weighted by Crippen LogP contribution is -2.39. The number of ether oxygens (including phenoxy) is 1. The van der Waals surface area contributed by atoms with Crippen molar-refractivity contribution in [2.75, 3.05) is 50.8 Å². The molecule has 1 unspecified atom stereocenters. The molecule has 1 N–H and O–H groups in total. The monoisotopic (exact) mass is 447 g/mol. The molecule has 8 heteroatoms. The lowest BCUT2D eigenvalue weighted by molar-refractivity contribution is 0.0944. The largest absolute Gasteiger partial charge is 0.378 e. The Labute approximate surface area is 185 Å². The fourth-order valence-corrected chi connectivity index (χ4v) is 6.11. The first-order valence-corrected chi connectivity index (χ1v) is 12.9. The molecule has 4 rings (SSSR count). The summed E-state index contributed by atoms with van der Waals surface area (Å²) in [5.41, 5.74) is 1.22. The van der Waals surface area contributed by atoms with Gasteiger partial charge in [-0.1, -0.05) is 18.6 Å². The Morgan fingerprint density at radius 1 is 1.06 bits per heavy atom. The quantitative estimate of drug-likeness (QED) is 0.679. The molecule has 1 aliphatic carbocycles. The second kappa shape index (κ2) is 10.1. The van der Waals surface area contributed by atoms with Gasteiger partial charge in [0.25, 0.3) is 5.91 Å². The van der Waals surface area contributed by atoms with Gasteiger partial charge in [-0.05, 0) is 56.2 Å². The van der Waals surface area contributed by atoms with E-state index in [0.29, 0.717) is 57.4 Å². The van der Waals surface area contributed by atoms with Crippen molar-refractivity contribution in [2.45, 2.75) is 43.4 Å². The third-order valence-corrected chi connectivity index (χ3v) is 8.34. The van der Waals surface area contributed by atoms with Crippen molar-refractivity contribution >= 4 is 21.6 Å². The molecule has 2 saturated heterocycles. The van der Waals surface area contributed by atoms with Gasteiger partial charge < -0.3 is 15.0 Å². The van der Waals surface area contributed by atoms with Crippen molar-refractivity contribution < 1.29 is 17.9 Å². The number of amides is 1. The van der Waals surface area contributed by atoms with Crippen LogP contribution < -0.4 is 10.2 Å². The van der Waals surface area contributed by atoms with Gasteiger partial charge in [-0.3, -0.25) is 4.79 Å². The summed E-state index contributed by atoms with van der Waals surface area (Å²) in [5.74, 6) is 0.229. The number of nitrogens with zero attached hydrogens (tertiary/aromatic N) is 2. The van der Waals surface area contributed by atoms with Crippen LogP contribution in [-0.4, -0.2) is 64.6 Å². The van der Waals surface area contributed by atoms with Gasteiger partial charge in [0, 0.05) is 38.4 Å². The van der Waals surface area contributed by atoms with E-state index in [4.69, 9.17) is 4.74 Å². The van der Waals surface area contributed by atoms with E-state index in [1.54, 1.807) is 22.5 Å². The second-order valence-corrected chi connectivity index (χ2v) is 10.5. The van der Waals surface area contributed by atoms with E-state index in [2.05, 4.69) is 22.4 Å². The molecular weight excluding hydrogens is 414 g/mol. The first-order valence-electron chi connectivity index (χ1n) is 11.5. The van der Waals surface area contributed by atoms with Gasteiger partial charge in [0.1, 0.15) is 0 Å². The molecule has 0 radical (unpaired) electrons. The first kappa shape index (κ1) is 22.3. The second-order valence-electron chi connectivity index (χ2n) is 8.60. The minimum Gasteiger partial charge on any atom is -0.378 e. The van der Waals surface area contributed by atoms with Crippen LogP contribution in [0.1, 0.15) is 48.9 Å². The van der Waals surface area contributed by atoms with Gasteiger partial charge in [-0.15, -0.1) is 0 Å². The fourth-order valence-electron chi connectivity index (χ4n) is 4.57. The van der Waals surface area contributed by atoms with E-state index in [9.17, 15) is 13.2 Å². The molecule has 2 heterocycles. The average molecular weight is 448 g/mol. The molecule has 3 aliphatic rings. The zero-order valence-corrected chi connectivity index (χ0v) is 18.9. The molecule has 0 bridgehead atoms. The number of benzene rings is 1. The van der Waals surface area contributed by atoms with Crippen molar-refractivity contribution in [1.29, 1.82) is 0 Å². The third kappa shape index (κ3) is 5.30. The number of nitrogens with one attached hydrogen (secondary N) is 1. The zero-order valence-electron chi connectivity index (χ0n) is 18.1. The Morgan fingerprint density at radius 2 is 1.84 bits per heavy atom. The van der Waals surface area contributed by atoms with Gasteiger partial charge in [0.2, 0.25) is 10.0 Å². The van der Waals surface area contributed by atoms with Gasteiger partial charge in [0.05, 0.1) is 23.7 Å². The average Bonchev–Trinajstić information content (AvgIpc) is 2.84. The number of allylic oxidation sites excluding steroid dienone is 2. The van der Waals surface area contributed by atoms with E-state index in [1.165, 1.54) is 0 Å². The maximum atomic E-state index is 13.2. The van der Waals surface area contributed by atoms with Crippen LogP contribution in [0.2, 0.25) is 0 Å². The third-order valence-electron chi connectivity index (χ3n) is 6.45. The topological polar surface area (TPSA) is 79.0 Å². The van der Waals surface area contributed by atoms with Crippen LogP contribution in [0, 0.1) is 5.92 Å². The highest BCUT2D eigenvalue weighted by Crippen LogP contribution is 2.28. The molecule has 1 aromatic carbocycles. The summed E-state index contributed by atoms with van der Waals surface area (Å²) in [7, 11) is -3.60. The van der Waals surface area contributed by atoms with Crippen LogP contribution in [0.3, 0.4) is 0 Å². The Kier molecular flexibility index (Phi) is 7.30. The highest BCUT2D eigenvalue weighted by molar-refractivity contribution is 7.89. The Bertz CT molecular complexity index is 903. The number of carbonyl (C=O) groups excluding carboxylic acids is 1. The molecule has 170 valence electrons. The number of carbonyl (C=O) groups is 1. The molecule has 0 aromatic heterocycles. The summed E-state index contributed by atoms with van der Waals surface area (Å²) in [6.45, 7) is 4.27. The lowest BCUT2D eigenvalue weighted by atomic mass is 9.94. The van der Waals surface area contributed by atoms with Gasteiger partial charge in [-0.25, -0.2) is 8.42 Å². The summed E-state index contributed by atoms with van der Waals surface area (Å²) in [6.07, 6.45) is 10.3. The van der Waals surface area contributed by atoms with Crippen LogP contribution in [0.15, 0.2) is 35.2 Å². The molecule has 2 aliphatic heterocycles. The first-order chi connectivity index (χ1) is 15.1. The predicted molar refractivity (Wildman–Crippen MR) is 121 cm³/mol. The number of rotatable bonds is 6. The van der Waals surface area contributed by atoms with Crippen LogP contribution in [0.5, 0.6) is 0 Å². The molecular formula is C23H33N3O4S. The highest BCUT2D eigenvalue weighted by Gasteiger charge is 2.28. The summed E-state index contributed by atoms with van der Waals surface area (Å²) in [6, 6.07) is 5.02. The van der Waals surface area contributed by atoms with Crippen LogP contribution in [0.4, 0.5) is 5.69 Å². The summed E-state index contributed by atoms with van der Waals surface area (Å²) < 4.78 is 33.4. The van der Waals surface area contributed by atoms with Crippen LogP contribution >= 0.6 is 0 Å². The molecule has 0 spiro atoms. The Balaban J connectivity index is 1.59. The van der Waals surface area contributed by atoms with Crippen LogP contribution in [-0.2, 0) is 14.8 Å². The van der Waals surface area contributed by atoms with Crippen LogP contribution in [0.25, 0.3) is 0 Å². The van der Waals surface area contributed by atoms with Crippen molar-refractivity contribution in [1.82, 2.24) is 9.62 Å². The van der Waals surface area contributed by atoms with E-state index in [1.807, 2.05) is 0 Å². The van der Waals surface area contributed by atoms with Crippen molar-refractivity contribution in [3.8, 4) is 0 Å². The molecule has 1 amide bonds. The summed E-state index contributed by atoms with van der Waals surface area (Å²) in [4.78, 5) is 15.5. The maximum absolute atomic E-state index is 13.2. The molecule has 1 atom stereocenters. The molecule has 31 heavy (non-hydrogen) atoms. The fraction of sp³-hybridized carbons (Fsp3) is 0.609. The number of anilines is 1. The van der Waals surface area contributed by atoms with Gasteiger partial charge in [0.15, 0.2) is 0 Å². The van der Waals surface area contributed by atoms with Crippen molar-refractivity contribution in [2.24, 2.45) is 5.92 Å². The van der Waals surface area contributed by atoms with Gasteiger partial charge >= 0.3 is 0 Å². The normalized spacial score (nSPS) is 23.0. The molecule has 1 aromatic rings. The van der Waals surface area contributed by atoms with E-state index >= 15 is 0 Å². The smallest absolute Gasteiger partial charge is 0.253 e. The maximum Gasteiger partial charge on any atom is 0.253 e. The minimum absolute atomic E-state index is 0.202. The van der Waals surface area contributed by atoms with Crippen molar-refractivity contribution in [3.63, 3.8) is 0 Å². The number of morpholine rings is 1. The SMILES string of the molecule is O=C(NCC1CC=CCC1)c1cc(S(=O)(=O)N2CCCCC2)ccc1N1CCOCC1. The number of hydrogen-bond acceptors (Lipinski definition) is 5. The van der Waals surface area contributed by atoms with E-state index in [0.717, 1.165) is 44.2 Å². The zero-order chi connectivity index (χ0) is 21.7. The Hall–Kier alpha value is -1.90. The standard InChI is InChI=1S/C23H33N3O4S/c27-23(24-18-19-7-3-1-4-8-19)21-17-20(31(28,29)26-11-5-2-6-12-26)9-10-22(21)25-13-15-30-16-14-25/h1,3,9-10,17,19H,2,4-8,11-16,18H2,(H,24,27). The lowest BCUT2D eigenvalue weighted by Gasteiger charge is -2.31. The van der Waals surface area contributed by atoms with Crippen molar-refractivity contribution in [3.05, 3.63) is 35.9 Å². The predicted octanol–water partition coefficient (Wildman–Crippen LogP) is 2.78. The molecule has 2 fully saturated rings. The van der Waals surface area contributed by atoms with E-state index in [-0.39, 0.29) is 10.8 Å². The number of piperidine rings is 1. The highest BCUT2D eigenvalue weighted by atomic mass is 32.2. The summed E-state index contributed by atoms with van der Waals surface area (Å²) in [5, 5.41) is 3.07. The van der Waals surface area contributed by atoms with Gasteiger partial charge in [-0.2, -0.15) is 4.31 Å². The molecule has 7 nitrogen and oxygen atoms in total. The number of hydrogen-bond donors (Lipinski definition) is 1. The minimum atomic E-state index is -3.60.